The molecular weight excluding hydrogens is 252 g/mol. The Balaban J connectivity index is 1.79. The van der Waals surface area contributed by atoms with Gasteiger partial charge in [-0.05, 0) is 73.5 Å². The molecule has 2 atom stereocenters. The number of hydrogen-bond donors (Lipinski definition) is 2. The van der Waals surface area contributed by atoms with E-state index in [1.54, 1.807) is 12.1 Å². The molecular formula is C17H20O3. The highest BCUT2D eigenvalue weighted by Gasteiger charge is 2.61. The molecule has 0 heterocycles. The van der Waals surface area contributed by atoms with E-state index in [4.69, 9.17) is 0 Å². The highest BCUT2D eigenvalue weighted by Crippen LogP contribution is 2.65. The maximum absolute atomic E-state index is 11.8. The third-order valence-corrected chi connectivity index (χ3v) is 5.99. The van der Waals surface area contributed by atoms with E-state index in [0.29, 0.717) is 11.8 Å². The third kappa shape index (κ3) is 1.55. The second-order valence-electron chi connectivity index (χ2n) is 7.37. The van der Waals surface area contributed by atoms with Crippen LogP contribution >= 0.6 is 0 Å². The van der Waals surface area contributed by atoms with Crippen molar-refractivity contribution in [2.24, 2.45) is 17.3 Å². The zero-order chi connectivity index (χ0) is 14.0. The van der Waals surface area contributed by atoms with Crippen LogP contribution in [0.15, 0.2) is 24.3 Å². The van der Waals surface area contributed by atoms with E-state index in [1.165, 1.54) is 12.0 Å². The standard InChI is InChI=1S/C17H20O3/c18-14-3-1-13(2-4-14)16-6-11-5-12(7-16)9-17(8-11,10-16)15(19)20/h1-4,11-12,18H,5-10H2,(H,19,20). The van der Waals surface area contributed by atoms with E-state index >= 15 is 0 Å². The minimum absolute atomic E-state index is 0.0379. The van der Waals surface area contributed by atoms with Gasteiger partial charge >= 0.3 is 5.97 Å². The number of aromatic hydroxyl groups is 1. The van der Waals surface area contributed by atoms with Crippen LogP contribution in [0.25, 0.3) is 0 Å². The van der Waals surface area contributed by atoms with E-state index in [0.717, 1.165) is 32.1 Å². The van der Waals surface area contributed by atoms with Crippen LogP contribution in [0, 0.1) is 17.3 Å². The molecule has 4 aliphatic rings. The zero-order valence-corrected chi connectivity index (χ0v) is 11.5. The lowest BCUT2D eigenvalue weighted by atomic mass is 9.43. The fourth-order valence-corrected chi connectivity index (χ4v) is 5.67. The van der Waals surface area contributed by atoms with Gasteiger partial charge in [0.15, 0.2) is 0 Å². The summed E-state index contributed by atoms with van der Waals surface area (Å²) in [4.78, 5) is 11.8. The van der Waals surface area contributed by atoms with Crippen LogP contribution in [0.2, 0.25) is 0 Å². The van der Waals surface area contributed by atoms with Gasteiger partial charge in [0.1, 0.15) is 5.75 Å². The average molecular weight is 272 g/mol. The molecule has 0 aliphatic heterocycles. The normalized spacial score (nSPS) is 41.8. The minimum Gasteiger partial charge on any atom is -0.508 e. The summed E-state index contributed by atoms with van der Waals surface area (Å²) in [5.41, 5.74) is 0.785. The Morgan fingerprint density at radius 1 is 1.05 bits per heavy atom. The summed E-state index contributed by atoms with van der Waals surface area (Å²) in [5.74, 6) is 0.837. The Bertz CT molecular complexity index is 546. The van der Waals surface area contributed by atoms with Crippen LogP contribution in [0.1, 0.15) is 44.1 Å². The Labute approximate surface area is 118 Å². The second-order valence-corrected chi connectivity index (χ2v) is 7.37. The number of carbonyl (C=O) groups is 1. The van der Waals surface area contributed by atoms with Crippen molar-refractivity contribution in [1.82, 2.24) is 0 Å². The number of benzene rings is 1. The fourth-order valence-electron chi connectivity index (χ4n) is 5.67. The summed E-state index contributed by atoms with van der Waals surface area (Å²) in [7, 11) is 0. The molecule has 2 N–H and O–H groups in total. The molecule has 0 radical (unpaired) electrons. The quantitative estimate of drug-likeness (QED) is 0.868. The Hall–Kier alpha value is -1.51. The smallest absolute Gasteiger partial charge is 0.309 e. The third-order valence-electron chi connectivity index (χ3n) is 5.99. The van der Waals surface area contributed by atoms with Crippen LogP contribution in [0.5, 0.6) is 5.75 Å². The van der Waals surface area contributed by atoms with Gasteiger partial charge in [0.05, 0.1) is 5.41 Å². The highest BCUT2D eigenvalue weighted by atomic mass is 16.4. The Kier molecular flexibility index (Phi) is 2.31. The van der Waals surface area contributed by atoms with Crippen molar-refractivity contribution in [2.45, 2.75) is 43.9 Å². The summed E-state index contributed by atoms with van der Waals surface area (Å²) in [6.07, 6.45) is 6.01. The number of phenols is 1. The molecule has 4 bridgehead atoms. The molecule has 5 rings (SSSR count). The van der Waals surface area contributed by atoms with Crippen molar-refractivity contribution < 1.29 is 15.0 Å². The molecule has 4 fully saturated rings. The number of hydrogen-bond acceptors (Lipinski definition) is 2. The highest BCUT2D eigenvalue weighted by molar-refractivity contribution is 5.76. The molecule has 4 aliphatic carbocycles. The van der Waals surface area contributed by atoms with Crippen molar-refractivity contribution >= 4 is 5.97 Å². The molecule has 0 spiro atoms. The molecule has 3 nitrogen and oxygen atoms in total. The van der Waals surface area contributed by atoms with E-state index in [9.17, 15) is 15.0 Å². The van der Waals surface area contributed by atoms with Crippen molar-refractivity contribution in [1.29, 1.82) is 0 Å². The molecule has 4 saturated carbocycles. The molecule has 1 aromatic carbocycles. The summed E-state index contributed by atoms with van der Waals surface area (Å²) in [5, 5.41) is 19.2. The van der Waals surface area contributed by atoms with Gasteiger partial charge < -0.3 is 10.2 Å². The summed E-state index contributed by atoms with van der Waals surface area (Å²) >= 11 is 0. The molecule has 2 unspecified atom stereocenters. The van der Waals surface area contributed by atoms with Crippen LogP contribution in [-0.2, 0) is 10.2 Å². The van der Waals surface area contributed by atoms with Crippen LogP contribution in [0.4, 0.5) is 0 Å². The van der Waals surface area contributed by atoms with E-state index in [2.05, 4.69) is 0 Å². The van der Waals surface area contributed by atoms with Crippen LogP contribution in [-0.4, -0.2) is 16.2 Å². The Morgan fingerprint density at radius 2 is 1.65 bits per heavy atom. The first-order valence-electron chi connectivity index (χ1n) is 7.54. The van der Waals surface area contributed by atoms with E-state index in [1.807, 2.05) is 12.1 Å². The maximum atomic E-state index is 11.8. The topological polar surface area (TPSA) is 57.5 Å². The zero-order valence-electron chi connectivity index (χ0n) is 11.5. The average Bonchev–Trinajstić information content (AvgIpc) is 2.37. The van der Waals surface area contributed by atoms with Crippen LogP contribution in [0.3, 0.4) is 0 Å². The first-order chi connectivity index (χ1) is 9.51. The largest absolute Gasteiger partial charge is 0.508 e. The van der Waals surface area contributed by atoms with Crippen molar-refractivity contribution in [3.63, 3.8) is 0 Å². The van der Waals surface area contributed by atoms with Crippen molar-refractivity contribution in [3.05, 3.63) is 29.8 Å². The lowest BCUT2D eigenvalue weighted by Crippen LogP contribution is -2.56. The summed E-state index contributed by atoms with van der Waals surface area (Å²) in [6.45, 7) is 0. The number of phenolic OH excluding ortho intramolecular Hbond substituents is 1. The number of rotatable bonds is 2. The monoisotopic (exact) mass is 272 g/mol. The van der Waals surface area contributed by atoms with Gasteiger partial charge in [0.25, 0.3) is 0 Å². The van der Waals surface area contributed by atoms with Gasteiger partial charge in [0, 0.05) is 0 Å². The lowest BCUT2D eigenvalue weighted by Gasteiger charge is -2.60. The van der Waals surface area contributed by atoms with Gasteiger partial charge in [-0.1, -0.05) is 12.1 Å². The predicted octanol–water partition coefficient (Wildman–Crippen LogP) is 3.31. The number of aliphatic carboxylic acids is 1. The number of carboxylic acids is 1. The molecule has 3 heteroatoms. The molecule has 0 aromatic heterocycles. The first-order valence-corrected chi connectivity index (χ1v) is 7.54. The molecule has 20 heavy (non-hydrogen) atoms. The molecule has 1 aromatic rings. The number of carboxylic acid groups (broad SMARTS) is 1. The van der Waals surface area contributed by atoms with Gasteiger partial charge in [-0.25, -0.2) is 0 Å². The van der Waals surface area contributed by atoms with E-state index < -0.39 is 11.4 Å². The van der Waals surface area contributed by atoms with Crippen LogP contribution < -0.4 is 0 Å². The SMILES string of the molecule is O=C(O)C12CC3CC(C1)CC(c1ccc(O)cc1)(C3)C2. The molecule has 0 amide bonds. The summed E-state index contributed by atoms with van der Waals surface area (Å²) < 4.78 is 0. The Morgan fingerprint density at radius 3 is 2.20 bits per heavy atom. The van der Waals surface area contributed by atoms with E-state index in [-0.39, 0.29) is 11.2 Å². The van der Waals surface area contributed by atoms with Crippen molar-refractivity contribution in [2.75, 3.05) is 0 Å². The lowest BCUT2D eigenvalue weighted by molar-refractivity contribution is -0.167. The first kappa shape index (κ1) is 12.2. The van der Waals surface area contributed by atoms with Crippen molar-refractivity contribution in [3.8, 4) is 5.75 Å². The predicted molar refractivity (Wildman–Crippen MR) is 74.5 cm³/mol. The van der Waals surface area contributed by atoms with Gasteiger partial charge in [0.2, 0.25) is 0 Å². The second kappa shape index (κ2) is 3.78. The van der Waals surface area contributed by atoms with Gasteiger partial charge in [-0.15, -0.1) is 0 Å². The minimum atomic E-state index is -0.588. The fraction of sp³-hybridized carbons (Fsp3) is 0.588. The maximum Gasteiger partial charge on any atom is 0.309 e. The molecule has 0 saturated heterocycles. The molecule has 106 valence electrons. The van der Waals surface area contributed by atoms with Gasteiger partial charge in [-0.2, -0.15) is 0 Å². The summed E-state index contributed by atoms with van der Waals surface area (Å²) in [6, 6.07) is 7.47. The van der Waals surface area contributed by atoms with Gasteiger partial charge in [-0.3, -0.25) is 4.79 Å².